The van der Waals surface area contributed by atoms with E-state index >= 15 is 0 Å². The van der Waals surface area contributed by atoms with Crippen LogP contribution in [0.15, 0.2) is 52.9 Å². The number of fused-ring (bicyclic) bond motifs is 4. The van der Waals surface area contributed by atoms with E-state index < -0.39 is 15.6 Å². The van der Waals surface area contributed by atoms with Gasteiger partial charge in [0.05, 0.1) is 40.0 Å². The highest BCUT2D eigenvalue weighted by atomic mass is 35.5. The summed E-state index contributed by atoms with van der Waals surface area (Å²) in [7, 11) is 0.260. The fraction of sp³-hybridized carbons (Fsp3) is 0.590. The minimum absolute atomic E-state index is 0.0242. The average molecular weight is 709 g/mol. The minimum Gasteiger partial charge on any atom is -0.490 e. The van der Waals surface area contributed by atoms with Crippen LogP contribution in [0.2, 0.25) is 5.02 Å². The van der Waals surface area contributed by atoms with Crippen molar-refractivity contribution in [1.29, 1.82) is 0 Å². The number of methoxy groups -OCH3 is 2. The molecule has 2 aromatic rings. The number of allylic oxidation sites excluding steroid dienone is 1. The van der Waals surface area contributed by atoms with Crippen molar-refractivity contribution in [3.63, 3.8) is 0 Å². The molecule has 0 unspecified atom stereocenters. The number of hydrogen-bond acceptors (Lipinski definition) is 7. The molecule has 0 aromatic heterocycles. The van der Waals surface area contributed by atoms with Crippen molar-refractivity contribution < 1.29 is 28.0 Å². The van der Waals surface area contributed by atoms with Crippen LogP contribution in [0.4, 0.5) is 5.69 Å². The van der Waals surface area contributed by atoms with E-state index in [4.69, 9.17) is 25.8 Å². The van der Waals surface area contributed by atoms with Gasteiger partial charge in [-0.3, -0.25) is 9.59 Å². The summed E-state index contributed by atoms with van der Waals surface area (Å²) in [4.78, 5) is 29.6. The van der Waals surface area contributed by atoms with Crippen LogP contribution < -0.4 is 9.64 Å². The lowest BCUT2D eigenvalue weighted by Gasteiger charge is -2.46. The summed E-state index contributed by atoms with van der Waals surface area (Å²) >= 11 is 6.45. The third-order valence-corrected chi connectivity index (χ3v) is 14.2. The van der Waals surface area contributed by atoms with E-state index in [0.717, 1.165) is 68.1 Å². The van der Waals surface area contributed by atoms with Crippen LogP contribution >= 0.6 is 11.6 Å². The number of halogens is 1. The maximum Gasteiger partial charge on any atom is 0.285 e. The van der Waals surface area contributed by atoms with Crippen LogP contribution in [0.25, 0.3) is 0 Å². The topological polar surface area (TPSA) is 94.5 Å². The van der Waals surface area contributed by atoms with Gasteiger partial charge < -0.3 is 19.1 Å². The van der Waals surface area contributed by atoms with Crippen LogP contribution in [0.5, 0.6) is 5.75 Å². The second-order valence-corrected chi connectivity index (χ2v) is 18.0. The van der Waals surface area contributed by atoms with E-state index in [2.05, 4.69) is 33.5 Å². The van der Waals surface area contributed by atoms with E-state index in [1.165, 1.54) is 11.1 Å². The highest BCUT2D eigenvalue weighted by Gasteiger charge is 2.44. The van der Waals surface area contributed by atoms with Crippen molar-refractivity contribution >= 4 is 38.7 Å². The molecule has 0 saturated heterocycles. The molecule has 1 spiro atoms. The van der Waals surface area contributed by atoms with E-state index in [-0.39, 0.29) is 46.7 Å². The molecule has 2 bridgehead atoms. The first-order chi connectivity index (χ1) is 23.6. The van der Waals surface area contributed by atoms with Gasteiger partial charge in [-0.2, -0.15) is 4.36 Å². The fourth-order valence-electron chi connectivity index (χ4n) is 8.80. The Hall–Kier alpha value is -2.72. The quantitative estimate of drug-likeness (QED) is 0.297. The Morgan fingerprint density at radius 3 is 2.78 bits per heavy atom. The zero-order valence-electron chi connectivity index (χ0n) is 28.9. The SMILES string of the molecule is CO[C@H]1/C=C/C[C@H](C)C[S@@](=O)(CC(=O)C[C@@H]2C[C@H]2OC)=NC(=O)c2ccc3c(c2)N(C[C@@H]2CC[C@H]21)C[C@@]1(CCCc2cc(Cl)ccc21)CO3. The lowest BCUT2D eigenvalue weighted by atomic mass is 9.68. The van der Waals surface area contributed by atoms with Crippen molar-refractivity contribution in [2.75, 3.05) is 50.3 Å². The molecule has 49 heavy (non-hydrogen) atoms. The van der Waals surface area contributed by atoms with Crippen molar-refractivity contribution in [3.8, 4) is 5.75 Å². The molecule has 2 saturated carbocycles. The first-order valence-corrected chi connectivity index (χ1v) is 20.1. The van der Waals surface area contributed by atoms with Crippen molar-refractivity contribution in [1.82, 2.24) is 0 Å². The van der Waals surface area contributed by atoms with Crippen LogP contribution in [-0.4, -0.2) is 73.5 Å². The Kier molecular flexibility index (Phi) is 10.0. The van der Waals surface area contributed by atoms with E-state index in [1.807, 2.05) is 25.1 Å². The maximum absolute atomic E-state index is 14.5. The summed E-state index contributed by atoms with van der Waals surface area (Å²) in [5.41, 5.74) is 3.55. The monoisotopic (exact) mass is 708 g/mol. The van der Waals surface area contributed by atoms with Gasteiger partial charge in [-0.05, 0) is 110 Å². The summed E-state index contributed by atoms with van der Waals surface area (Å²) in [5.74, 6) is 0.892. The number of aryl methyl sites for hydroxylation is 1. The summed E-state index contributed by atoms with van der Waals surface area (Å²) in [6.45, 7) is 4.09. The number of carbonyl (C=O) groups excluding carboxylic acids is 2. The van der Waals surface area contributed by atoms with E-state index in [1.54, 1.807) is 20.3 Å². The van der Waals surface area contributed by atoms with E-state index in [0.29, 0.717) is 36.8 Å². The molecule has 264 valence electrons. The van der Waals surface area contributed by atoms with Gasteiger partial charge in [-0.15, -0.1) is 0 Å². The zero-order chi connectivity index (χ0) is 34.3. The van der Waals surface area contributed by atoms with Crippen LogP contribution in [-0.2, 0) is 35.8 Å². The van der Waals surface area contributed by atoms with Crippen molar-refractivity contribution in [2.45, 2.75) is 75.9 Å². The second-order valence-electron chi connectivity index (χ2n) is 15.3. The van der Waals surface area contributed by atoms with Crippen LogP contribution in [0.1, 0.15) is 73.4 Å². The third-order valence-electron chi connectivity index (χ3n) is 11.6. The number of benzene rings is 2. The first kappa shape index (κ1) is 34.7. The van der Waals surface area contributed by atoms with Crippen molar-refractivity contribution in [3.05, 3.63) is 70.3 Å². The molecule has 8 atom stereocenters. The lowest BCUT2D eigenvalue weighted by Crippen LogP contribution is -2.49. The van der Waals surface area contributed by atoms with Gasteiger partial charge in [0.25, 0.3) is 5.91 Å². The standard InChI is InChI=1S/C39H49ClN2O6S/c1-25-6-4-8-35(46-2)32-12-9-28(32)20-42-23-39(15-5-7-26-16-30(40)11-13-33(26)39)24-48-36-14-10-27(18-34(36)42)38(44)41-49(45,21-25)22-31(43)17-29-19-37(29)47-3/h4,8,10-11,13-14,16,18,25,28-29,32,35,37H,5-7,9,12,15,17,19-24H2,1-3H3/b8-4+/t25-,28-,29+,32+,35-,37+,39-,49+/m0/s1. The van der Waals surface area contributed by atoms with Gasteiger partial charge >= 0.3 is 0 Å². The Bertz CT molecular complexity index is 1750. The molecule has 2 fully saturated rings. The lowest BCUT2D eigenvalue weighted by molar-refractivity contribution is -0.117. The Labute approximate surface area is 296 Å². The number of nitrogens with zero attached hydrogens (tertiary/aromatic N) is 2. The molecule has 10 heteroatoms. The number of rotatable bonds is 6. The number of anilines is 1. The maximum atomic E-state index is 14.5. The highest BCUT2D eigenvalue weighted by molar-refractivity contribution is 7.94. The normalized spacial score (nSPS) is 34.8. The van der Waals surface area contributed by atoms with Crippen LogP contribution in [0.3, 0.4) is 0 Å². The Morgan fingerprint density at radius 1 is 1.16 bits per heavy atom. The number of amides is 1. The largest absolute Gasteiger partial charge is 0.490 e. The fourth-order valence-corrected chi connectivity index (χ4v) is 11.3. The summed E-state index contributed by atoms with van der Waals surface area (Å²) < 4.78 is 37.0. The molecule has 2 aliphatic heterocycles. The second kappa shape index (κ2) is 14.1. The summed E-state index contributed by atoms with van der Waals surface area (Å²) in [6.07, 6.45) is 11.4. The van der Waals surface area contributed by atoms with Gasteiger partial charge in [0, 0.05) is 55.5 Å². The highest BCUT2D eigenvalue weighted by Crippen LogP contribution is 2.47. The molecule has 8 nitrogen and oxygen atoms in total. The average Bonchev–Trinajstić information content (AvgIpc) is 3.83. The number of ketones is 1. The number of Topliss-reactive ketones (excluding diaryl/α,β-unsaturated/α-hetero) is 1. The number of hydrogen-bond donors (Lipinski definition) is 0. The zero-order valence-corrected chi connectivity index (χ0v) is 30.5. The predicted molar refractivity (Wildman–Crippen MR) is 193 cm³/mol. The molecule has 7 rings (SSSR count). The van der Waals surface area contributed by atoms with Crippen molar-refractivity contribution in [2.24, 2.45) is 28.0 Å². The summed E-state index contributed by atoms with van der Waals surface area (Å²) in [6, 6.07) is 11.7. The minimum atomic E-state index is -3.17. The Balaban J connectivity index is 1.27. The van der Waals surface area contributed by atoms with E-state index in [9.17, 15) is 13.8 Å². The molecule has 3 aliphatic carbocycles. The van der Waals surface area contributed by atoms with Crippen LogP contribution in [0, 0.1) is 23.7 Å². The Morgan fingerprint density at radius 2 is 2.02 bits per heavy atom. The summed E-state index contributed by atoms with van der Waals surface area (Å²) in [5, 5.41) is 0.751. The van der Waals surface area contributed by atoms with Gasteiger partial charge in [-0.1, -0.05) is 36.7 Å². The third kappa shape index (κ3) is 7.37. The number of ether oxygens (including phenoxy) is 3. The molecular weight excluding hydrogens is 660 g/mol. The molecule has 5 aliphatic rings. The molecule has 0 N–H and O–H groups in total. The molecule has 2 heterocycles. The smallest absolute Gasteiger partial charge is 0.285 e. The number of carbonyl (C=O) groups is 2. The first-order valence-electron chi connectivity index (χ1n) is 17.9. The molecule has 2 aromatic carbocycles. The predicted octanol–water partition coefficient (Wildman–Crippen LogP) is 7.05. The molecule has 0 radical (unpaired) electrons. The molecular formula is C39H49ClN2O6S. The molecule has 1 amide bonds. The van der Waals surface area contributed by atoms with Gasteiger partial charge in [0.1, 0.15) is 11.5 Å². The van der Waals surface area contributed by atoms with Gasteiger partial charge in [0.15, 0.2) is 0 Å². The van der Waals surface area contributed by atoms with Gasteiger partial charge in [-0.25, -0.2) is 4.21 Å². The van der Waals surface area contributed by atoms with Gasteiger partial charge in [0.2, 0.25) is 0 Å².